The average Bonchev–Trinajstić information content (AvgIpc) is 1.54. The zero-order valence-corrected chi connectivity index (χ0v) is 62.5. The highest BCUT2D eigenvalue weighted by atomic mass is 16.3. The van der Waals surface area contributed by atoms with Gasteiger partial charge in [0.15, 0.2) is 0 Å². The Kier molecular flexibility index (Phi) is 17.2. The van der Waals surface area contributed by atoms with Gasteiger partial charge in [0.05, 0.1) is 5.41 Å². The fraction of sp³-hybridized carbons (Fsp3) is 0.0182. The summed E-state index contributed by atoms with van der Waals surface area (Å²) in [6.07, 6.45) is 6.55. The minimum Gasteiger partial charge on any atom is -0.455 e. The minimum absolute atomic E-state index is 0.585. The average molecular weight is 1440 g/mol. The van der Waals surface area contributed by atoms with Crippen LogP contribution in [0.5, 0.6) is 0 Å². The number of para-hydroxylation sites is 1. The van der Waals surface area contributed by atoms with Crippen molar-refractivity contribution >= 4 is 88.3 Å². The summed E-state index contributed by atoms with van der Waals surface area (Å²) in [7, 11) is 0. The quantitative estimate of drug-likeness (QED) is 0.0669. The molecule has 0 N–H and O–H groups in total. The van der Waals surface area contributed by atoms with E-state index in [-0.39, 0.29) is 0 Å². The summed E-state index contributed by atoms with van der Waals surface area (Å²) in [5.41, 5.74) is 30.5. The maximum absolute atomic E-state index is 7.15. The number of allylic oxidation sites excluding steroid dienone is 4. The molecule has 0 atom stereocenters. The Balaban J connectivity index is 0.653. The molecular weight excluding hydrogens is 1370 g/mol. The Labute approximate surface area is 659 Å². The molecule has 0 unspecified atom stereocenters. The molecule has 0 bridgehead atoms. The van der Waals surface area contributed by atoms with Crippen molar-refractivity contribution in [3.05, 3.63) is 471 Å². The molecule has 1 aromatic heterocycles. The maximum Gasteiger partial charge on any atom is 0.143 e. The number of nitrogens with zero attached hydrogens (tertiary/aromatic N) is 2. The van der Waals surface area contributed by atoms with Crippen molar-refractivity contribution in [1.82, 2.24) is 0 Å². The SMILES string of the molecule is C=C(/C=C\C(=C/C)c1ccccc1)N(c1ccc2c(c1)C(c1ccccc1)(c1ccccc1)c1ccccc1-2)c1ccc2c3ccc(-c4ccc5c(c4)oc4c(-c6cccc(N(c7ccc(-c8ccc(-c9ccccc9)cc8)cc7)c7ccc(-c8ccc(-c9ccccc9)cc8)cc7)c6)cccc45)cc3c3ccccc3c2c1. The second-order valence-corrected chi connectivity index (χ2v) is 29.4. The molecule has 1 heterocycles. The van der Waals surface area contributed by atoms with Crippen molar-refractivity contribution in [3.63, 3.8) is 0 Å². The summed E-state index contributed by atoms with van der Waals surface area (Å²) in [6.45, 7) is 7.04. The monoisotopic (exact) mass is 1440 g/mol. The van der Waals surface area contributed by atoms with Gasteiger partial charge in [0.2, 0.25) is 0 Å². The normalized spacial score (nSPS) is 12.4. The first-order chi connectivity index (χ1) is 55.9. The van der Waals surface area contributed by atoms with E-state index in [0.717, 1.165) is 101 Å². The van der Waals surface area contributed by atoms with Crippen LogP contribution in [0.3, 0.4) is 0 Å². The predicted molar refractivity (Wildman–Crippen MR) is 478 cm³/mol. The van der Waals surface area contributed by atoms with Gasteiger partial charge in [0.1, 0.15) is 11.2 Å². The highest BCUT2D eigenvalue weighted by Crippen LogP contribution is 2.58. The molecule has 3 nitrogen and oxygen atoms in total. The van der Waals surface area contributed by atoms with Crippen molar-refractivity contribution in [3.8, 4) is 77.9 Å². The minimum atomic E-state index is -0.585. The first-order valence-corrected chi connectivity index (χ1v) is 38.9. The smallest absolute Gasteiger partial charge is 0.143 e. The van der Waals surface area contributed by atoms with Gasteiger partial charge >= 0.3 is 0 Å². The number of benzene rings is 18. The Morgan fingerprint density at radius 2 is 0.681 bits per heavy atom. The van der Waals surface area contributed by atoms with Gasteiger partial charge in [-0.1, -0.05) is 352 Å². The topological polar surface area (TPSA) is 19.6 Å². The molecule has 1 aliphatic carbocycles. The van der Waals surface area contributed by atoms with E-state index in [9.17, 15) is 0 Å². The number of fused-ring (bicyclic) bond motifs is 12. The summed E-state index contributed by atoms with van der Waals surface area (Å²) in [4.78, 5) is 4.71. The molecule has 20 rings (SSSR count). The largest absolute Gasteiger partial charge is 0.455 e. The van der Waals surface area contributed by atoms with Crippen molar-refractivity contribution in [2.75, 3.05) is 9.80 Å². The van der Waals surface area contributed by atoms with E-state index < -0.39 is 5.41 Å². The zero-order valence-electron chi connectivity index (χ0n) is 62.5. The number of hydrogen-bond donors (Lipinski definition) is 0. The van der Waals surface area contributed by atoms with Crippen LogP contribution in [0.2, 0.25) is 0 Å². The lowest BCUT2D eigenvalue weighted by atomic mass is 9.67. The number of hydrogen-bond acceptors (Lipinski definition) is 3. The van der Waals surface area contributed by atoms with Gasteiger partial charge in [-0.2, -0.15) is 0 Å². The third-order valence-electron chi connectivity index (χ3n) is 23.1. The van der Waals surface area contributed by atoms with Gasteiger partial charge in [-0.25, -0.2) is 0 Å². The molecule has 0 radical (unpaired) electrons. The molecule has 18 aromatic carbocycles. The van der Waals surface area contributed by atoms with Crippen molar-refractivity contribution in [2.45, 2.75) is 12.3 Å². The van der Waals surface area contributed by atoms with Crippen LogP contribution in [0, 0.1) is 0 Å². The van der Waals surface area contributed by atoms with Crippen LogP contribution < -0.4 is 9.80 Å². The van der Waals surface area contributed by atoms with Gasteiger partial charge in [0.25, 0.3) is 0 Å². The molecule has 1 aliphatic rings. The molecule has 0 saturated carbocycles. The van der Waals surface area contributed by atoms with E-state index in [1.165, 1.54) is 99.1 Å². The Morgan fingerprint density at radius 1 is 0.274 bits per heavy atom. The second-order valence-electron chi connectivity index (χ2n) is 29.4. The van der Waals surface area contributed by atoms with Crippen LogP contribution in [-0.4, -0.2) is 0 Å². The van der Waals surface area contributed by atoms with Gasteiger partial charge in [-0.05, 0) is 230 Å². The Morgan fingerprint density at radius 3 is 1.27 bits per heavy atom. The van der Waals surface area contributed by atoms with E-state index >= 15 is 0 Å². The standard InChI is InChI=1S/C110H76N2O/c1-3-75(76-25-9-4-10-26-76)44-43-74(2)111(94-64-68-101-100-39-21-22-42-106(100)110(107(101)73-94,88-32-15-7-16-33-88)89-34-17-8-18-35-89)93-63-67-99-98-65-57-85(70-104(98)96-37-19-20-38-97(96)105(99)72-93)86-58-66-102-103-41-24-40-95(109(103)113-108(102)71-86)87-31-23-36-92(69-87)112(90-59-53-83(54-60-90)81-49-45-79(46-50-81)77-27-11-5-12-28-77)91-61-55-84(56-62-91)82-51-47-80(48-52-82)78-29-13-6-14-30-78/h3-73H,2H2,1H3/b44-43-,75-3+. The van der Waals surface area contributed by atoms with Gasteiger partial charge < -0.3 is 14.2 Å². The van der Waals surface area contributed by atoms with Gasteiger partial charge in [-0.15, -0.1) is 0 Å². The lowest BCUT2D eigenvalue weighted by Crippen LogP contribution is -2.28. The lowest BCUT2D eigenvalue weighted by molar-refractivity contribution is 0.670. The summed E-state index contributed by atoms with van der Waals surface area (Å²) >= 11 is 0. The summed E-state index contributed by atoms with van der Waals surface area (Å²) in [5.74, 6) is 0. The van der Waals surface area contributed by atoms with Crippen LogP contribution in [0.4, 0.5) is 28.4 Å². The maximum atomic E-state index is 7.15. The third kappa shape index (κ3) is 12.1. The summed E-state index contributed by atoms with van der Waals surface area (Å²) < 4.78 is 7.15. The highest BCUT2D eigenvalue weighted by molar-refractivity contribution is 6.26. The van der Waals surface area contributed by atoms with Crippen LogP contribution >= 0.6 is 0 Å². The van der Waals surface area contributed by atoms with Crippen LogP contribution in [0.1, 0.15) is 34.7 Å². The molecular formula is C110H76N2O. The van der Waals surface area contributed by atoms with Crippen LogP contribution in [-0.2, 0) is 5.41 Å². The van der Waals surface area contributed by atoms with E-state index in [2.05, 4.69) is 447 Å². The predicted octanol–water partition coefficient (Wildman–Crippen LogP) is 30.2. The van der Waals surface area contributed by atoms with Crippen LogP contribution in [0.25, 0.3) is 138 Å². The number of anilines is 5. The molecule has 0 amide bonds. The molecule has 0 spiro atoms. The van der Waals surface area contributed by atoms with Gasteiger partial charge in [-0.3, -0.25) is 0 Å². The van der Waals surface area contributed by atoms with E-state index in [1.54, 1.807) is 0 Å². The first kappa shape index (κ1) is 67.7. The molecule has 3 heteroatoms. The van der Waals surface area contributed by atoms with Crippen molar-refractivity contribution in [2.24, 2.45) is 0 Å². The fourth-order valence-electron chi connectivity index (χ4n) is 17.6. The number of rotatable bonds is 17. The molecule has 113 heavy (non-hydrogen) atoms. The Hall–Kier alpha value is -14.6. The van der Waals surface area contributed by atoms with E-state index in [4.69, 9.17) is 11.0 Å². The Bertz CT molecular complexity index is 6700. The van der Waals surface area contributed by atoms with Crippen molar-refractivity contribution < 1.29 is 4.42 Å². The fourth-order valence-corrected chi connectivity index (χ4v) is 17.6. The van der Waals surface area contributed by atoms with E-state index in [1.807, 2.05) is 0 Å². The molecule has 532 valence electrons. The first-order valence-electron chi connectivity index (χ1n) is 38.9. The third-order valence-corrected chi connectivity index (χ3v) is 23.1. The number of furan rings is 1. The lowest BCUT2D eigenvalue weighted by Gasteiger charge is -2.35. The van der Waals surface area contributed by atoms with Crippen LogP contribution in [0.15, 0.2) is 447 Å². The highest BCUT2D eigenvalue weighted by Gasteiger charge is 2.46. The van der Waals surface area contributed by atoms with Crippen molar-refractivity contribution in [1.29, 1.82) is 0 Å². The molecule has 19 aromatic rings. The molecule has 0 fully saturated rings. The summed E-state index contributed by atoms with van der Waals surface area (Å²) in [5, 5.41) is 9.23. The summed E-state index contributed by atoms with van der Waals surface area (Å²) in [6, 6.07) is 151. The van der Waals surface area contributed by atoms with Gasteiger partial charge in [0, 0.05) is 50.5 Å². The van der Waals surface area contributed by atoms with E-state index in [0.29, 0.717) is 0 Å². The molecule has 0 saturated heterocycles. The zero-order chi connectivity index (χ0) is 75.4. The molecule has 0 aliphatic heterocycles. The second kappa shape index (κ2) is 28.7.